The van der Waals surface area contributed by atoms with Crippen LogP contribution in [0.25, 0.3) is 0 Å². The van der Waals surface area contributed by atoms with Crippen molar-refractivity contribution in [3.63, 3.8) is 0 Å². The largest absolute Gasteiger partial charge is 0.383 e. The van der Waals surface area contributed by atoms with E-state index in [0.29, 0.717) is 11.7 Å². The van der Waals surface area contributed by atoms with Crippen LogP contribution in [-0.4, -0.2) is 36.3 Å². The number of ether oxygens (including phenoxy) is 1. The maximum atomic E-state index is 6.04. The van der Waals surface area contributed by atoms with Gasteiger partial charge in [-0.2, -0.15) is 4.98 Å². The third-order valence-electron chi connectivity index (χ3n) is 3.93. The molecule has 0 amide bonds. The first-order valence-electron chi connectivity index (χ1n) is 6.91. The van der Waals surface area contributed by atoms with Gasteiger partial charge >= 0.3 is 0 Å². The second kappa shape index (κ2) is 5.63. The highest BCUT2D eigenvalue weighted by molar-refractivity contribution is 9.10. The van der Waals surface area contributed by atoms with Crippen molar-refractivity contribution in [3.8, 4) is 0 Å². The van der Waals surface area contributed by atoms with E-state index in [4.69, 9.17) is 15.5 Å². The number of nitrogen functional groups attached to an aromatic ring is 1. The molecule has 0 bridgehead atoms. The summed E-state index contributed by atoms with van der Waals surface area (Å²) >= 11 is 3.56. The molecule has 1 aromatic heterocycles. The number of rotatable bonds is 2. The van der Waals surface area contributed by atoms with Crippen LogP contribution in [0.4, 0.5) is 11.8 Å². The Labute approximate surface area is 121 Å². The van der Waals surface area contributed by atoms with Crippen molar-refractivity contribution in [2.75, 3.05) is 36.9 Å². The van der Waals surface area contributed by atoms with E-state index in [-0.39, 0.29) is 0 Å². The van der Waals surface area contributed by atoms with E-state index in [9.17, 15) is 0 Å². The van der Waals surface area contributed by atoms with Gasteiger partial charge in [-0.3, -0.25) is 0 Å². The Hall–Kier alpha value is -0.880. The molecule has 1 aliphatic heterocycles. The second-order valence-corrected chi connectivity index (χ2v) is 5.98. The Morgan fingerprint density at radius 1 is 1.16 bits per heavy atom. The molecule has 0 atom stereocenters. The second-order valence-electron chi connectivity index (χ2n) is 5.19. The topological polar surface area (TPSA) is 64.3 Å². The Bertz CT molecular complexity index is 456. The van der Waals surface area contributed by atoms with Crippen molar-refractivity contribution >= 4 is 27.7 Å². The number of aromatic nitrogens is 2. The summed E-state index contributed by atoms with van der Waals surface area (Å²) in [4.78, 5) is 11.3. The lowest BCUT2D eigenvalue weighted by atomic mass is 10.0. The fourth-order valence-electron chi connectivity index (χ4n) is 2.84. The first kappa shape index (κ1) is 13.1. The lowest BCUT2D eigenvalue weighted by molar-refractivity contribution is 0.122. The van der Waals surface area contributed by atoms with Crippen molar-refractivity contribution in [1.82, 2.24) is 9.97 Å². The van der Waals surface area contributed by atoms with Crippen LogP contribution >= 0.6 is 15.9 Å². The molecule has 0 aromatic carbocycles. The van der Waals surface area contributed by atoms with Gasteiger partial charge in [0.05, 0.1) is 23.4 Å². The van der Waals surface area contributed by atoms with Gasteiger partial charge in [-0.1, -0.05) is 12.8 Å². The van der Waals surface area contributed by atoms with Crippen LogP contribution in [-0.2, 0) is 4.74 Å². The highest BCUT2D eigenvalue weighted by Gasteiger charge is 2.25. The maximum Gasteiger partial charge on any atom is 0.227 e. The lowest BCUT2D eigenvalue weighted by Gasteiger charge is -2.28. The Morgan fingerprint density at radius 3 is 2.53 bits per heavy atom. The zero-order chi connectivity index (χ0) is 13.2. The first-order valence-corrected chi connectivity index (χ1v) is 7.70. The minimum absolute atomic E-state index is 0.527. The Morgan fingerprint density at radius 2 is 1.84 bits per heavy atom. The molecule has 104 valence electrons. The number of hydrogen-bond acceptors (Lipinski definition) is 5. The minimum atomic E-state index is 0.527. The van der Waals surface area contributed by atoms with Crippen molar-refractivity contribution in [2.24, 2.45) is 0 Å². The van der Waals surface area contributed by atoms with E-state index < -0.39 is 0 Å². The van der Waals surface area contributed by atoms with E-state index >= 15 is 0 Å². The lowest BCUT2D eigenvalue weighted by Crippen LogP contribution is -2.37. The highest BCUT2D eigenvalue weighted by atomic mass is 79.9. The van der Waals surface area contributed by atoms with Crippen LogP contribution in [0.5, 0.6) is 0 Å². The molecule has 2 fully saturated rings. The van der Waals surface area contributed by atoms with Crippen LogP contribution in [0.2, 0.25) is 0 Å². The van der Waals surface area contributed by atoms with Gasteiger partial charge in [-0.05, 0) is 28.8 Å². The zero-order valence-corrected chi connectivity index (χ0v) is 12.5. The van der Waals surface area contributed by atoms with Crippen molar-refractivity contribution in [3.05, 3.63) is 10.2 Å². The highest BCUT2D eigenvalue weighted by Crippen LogP contribution is 2.38. The molecule has 0 radical (unpaired) electrons. The molecule has 3 rings (SSSR count). The van der Waals surface area contributed by atoms with Gasteiger partial charge in [-0.25, -0.2) is 4.98 Å². The van der Waals surface area contributed by atoms with Gasteiger partial charge in [0.2, 0.25) is 5.95 Å². The van der Waals surface area contributed by atoms with Crippen molar-refractivity contribution in [2.45, 2.75) is 31.6 Å². The summed E-state index contributed by atoms with van der Waals surface area (Å²) < 4.78 is 6.25. The van der Waals surface area contributed by atoms with Gasteiger partial charge in [-0.15, -0.1) is 0 Å². The average Bonchev–Trinajstić information content (AvgIpc) is 2.96. The zero-order valence-electron chi connectivity index (χ0n) is 10.9. The van der Waals surface area contributed by atoms with E-state index in [2.05, 4.69) is 25.8 Å². The van der Waals surface area contributed by atoms with Crippen LogP contribution in [0.3, 0.4) is 0 Å². The smallest absolute Gasteiger partial charge is 0.227 e. The molecule has 1 saturated carbocycles. The minimum Gasteiger partial charge on any atom is -0.383 e. The third-order valence-corrected chi connectivity index (χ3v) is 4.74. The summed E-state index contributed by atoms with van der Waals surface area (Å²) in [5.74, 6) is 1.84. The number of halogens is 1. The predicted molar refractivity (Wildman–Crippen MR) is 78.4 cm³/mol. The Kier molecular flexibility index (Phi) is 3.88. The third kappa shape index (κ3) is 2.69. The normalized spacial score (nSPS) is 21.0. The number of morpholine rings is 1. The standard InChI is InChI=1S/C13H19BrN4O/c14-10-11(9-3-1-2-4-9)16-13(17-12(10)15)18-5-7-19-8-6-18/h9H,1-8H2,(H2,15,16,17). The fraction of sp³-hybridized carbons (Fsp3) is 0.692. The van der Waals surface area contributed by atoms with Crippen LogP contribution in [0.1, 0.15) is 37.3 Å². The molecular weight excluding hydrogens is 308 g/mol. The average molecular weight is 327 g/mol. The summed E-state index contributed by atoms with van der Waals surface area (Å²) in [5, 5.41) is 0. The molecule has 1 aliphatic carbocycles. The summed E-state index contributed by atoms with van der Waals surface area (Å²) in [6.45, 7) is 3.15. The quantitative estimate of drug-likeness (QED) is 0.903. The molecule has 19 heavy (non-hydrogen) atoms. The van der Waals surface area contributed by atoms with E-state index in [1.54, 1.807) is 0 Å². The molecule has 2 N–H and O–H groups in total. The van der Waals surface area contributed by atoms with Gasteiger partial charge in [0, 0.05) is 19.0 Å². The number of hydrogen-bond donors (Lipinski definition) is 1. The van der Waals surface area contributed by atoms with Gasteiger partial charge in [0.25, 0.3) is 0 Å². The molecular formula is C13H19BrN4O. The van der Waals surface area contributed by atoms with Gasteiger partial charge < -0.3 is 15.4 Å². The van der Waals surface area contributed by atoms with E-state index in [1.807, 2.05) is 0 Å². The van der Waals surface area contributed by atoms with E-state index in [1.165, 1.54) is 25.7 Å². The SMILES string of the molecule is Nc1nc(N2CCOCC2)nc(C2CCCC2)c1Br. The molecule has 5 nitrogen and oxygen atoms in total. The van der Waals surface area contributed by atoms with Crippen LogP contribution in [0.15, 0.2) is 4.47 Å². The monoisotopic (exact) mass is 326 g/mol. The van der Waals surface area contributed by atoms with Gasteiger partial charge in [0.15, 0.2) is 0 Å². The fourth-order valence-corrected chi connectivity index (χ4v) is 3.35. The maximum absolute atomic E-state index is 6.04. The molecule has 6 heteroatoms. The summed E-state index contributed by atoms with van der Waals surface area (Å²) in [7, 11) is 0. The number of nitrogens with two attached hydrogens (primary N) is 1. The summed E-state index contributed by atoms with van der Waals surface area (Å²) in [6.07, 6.45) is 4.98. The summed E-state index contributed by atoms with van der Waals surface area (Å²) in [5.41, 5.74) is 7.13. The van der Waals surface area contributed by atoms with Crippen molar-refractivity contribution in [1.29, 1.82) is 0 Å². The molecule has 2 aliphatic rings. The molecule has 1 aromatic rings. The molecule has 2 heterocycles. The van der Waals surface area contributed by atoms with Crippen LogP contribution < -0.4 is 10.6 Å². The van der Waals surface area contributed by atoms with E-state index in [0.717, 1.165) is 42.4 Å². The molecule has 1 saturated heterocycles. The Balaban J connectivity index is 1.92. The predicted octanol–water partition coefficient (Wildman–Crippen LogP) is 2.32. The molecule has 0 unspecified atom stereocenters. The first-order chi connectivity index (χ1) is 9.25. The van der Waals surface area contributed by atoms with Gasteiger partial charge in [0.1, 0.15) is 5.82 Å². The molecule has 0 spiro atoms. The number of nitrogens with zero attached hydrogens (tertiary/aromatic N) is 3. The van der Waals surface area contributed by atoms with Crippen LogP contribution in [0, 0.1) is 0 Å². The number of anilines is 2. The summed E-state index contributed by atoms with van der Waals surface area (Å²) in [6, 6.07) is 0. The van der Waals surface area contributed by atoms with Crippen molar-refractivity contribution < 1.29 is 4.74 Å².